The van der Waals surface area contributed by atoms with Gasteiger partial charge in [-0.15, -0.1) is 0 Å². The molecule has 3 N–H and O–H groups in total. The highest BCUT2D eigenvalue weighted by Gasteiger charge is 2.23. The molecule has 1 heterocycles. The predicted molar refractivity (Wildman–Crippen MR) is 74.6 cm³/mol. The first-order valence-corrected chi connectivity index (χ1v) is 8.57. The fourth-order valence-corrected chi connectivity index (χ4v) is 4.41. The molecule has 0 amide bonds. The van der Waals surface area contributed by atoms with Crippen molar-refractivity contribution in [3.05, 3.63) is 22.7 Å². The van der Waals surface area contributed by atoms with Gasteiger partial charge in [-0.25, -0.2) is 13.1 Å². The maximum atomic E-state index is 12.1. The summed E-state index contributed by atoms with van der Waals surface area (Å²) in [6.45, 7) is 0. The molecule has 94 valence electrons. The minimum absolute atomic E-state index is 0.0369. The third kappa shape index (κ3) is 3.15. The summed E-state index contributed by atoms with van der Waals surface area (Å²) in [4.78, 5) is 0.218. The molecule has 1 aliphatic heterocycles. The Bertz CT molecular complexity index is 513. The summed E-state index contributed by atoms with van der Waals surface area (Å²) in [5, 5.41) is 0. The highest BCUT2D eigenvalue weighted by atomic mass is 79.9. The van der Waals surface area contributed by atoms with Crippen LogP contribution in [-0.4, -0.2) is 26.0 Å². The second kappa shape index (κ2) is 5.17. The maximum Gasteiger partial charge on any atom is 0.240 e. The normalized spacial score (nSPS) is 20.6. The number of hydrogen-bond acceptors (Lipinski definition) is 4. The number of nitrogen functional groups attached to an aromatic ring is 1. The SMILES string of the molecule is Nc1cc(S(=O)(=O)NC2CCSC2)ccc1Br. The fraction of sp³-hybridized carbons (Fsp3) is 0.400. The van der Waals surface area contributed by atoms with E-state index in [1.165, 1.54) is 6.07 Å². The van der Waals surface area contributed by atoms with Crippen LogP contribution in [0.2, 0.25) is 0 Å². The van der Waals surface area contributed by atoms with Crippen LogP contribution in [0, 0.1) is 0 Å². The highest BCUT2D eigenvalue weighted by molar-refractivity contribution is 9.10. The Morgan fingerprint density at radius 2 is 2.24 bits per heavy atom. The largest absolute Gasteiger partial charge is 0.398 e. The summed E-state index contributed by atoms with van der Waals surface area (Å²) in [6, 6.07) is 4.70. The molecule has 0 saturated carbocycles. The first-order chi connectivity index (χ1) is 7.99. The lowest BCUT2D eigenvalue weighted by Crippen LogP contribution is -2.34. The van der Waals surface area contributed by atoms with E-state index in [2.05, 4.69) is 20.7 Å². The van der Waals surface area contributed by atoms with Crippen LogP contribution >= 0.6 is 27.7 Å². The molecule has 7 heteroatoms. The van der Waals surface area contributed by atoms with Crippen molar-refractivity contribution in [2.75, 3.05) is 17.2 Å². The number of benzene rings is 1. The van der Waals surface area contributed by atoms with E-state index in [1.54, 1.807) is 23.9 Å². The monoisotopic (exact) mass is 336 g/mol. The standard InChI is InChI=1S/C10H13BrN2O2S2/c11-9-2-1-8(5-10(9)12)17(14,15)13-7-3-4-16-6-7/h1-2,5,7,13H,3-4,6,12H2. The predicted octanol–water partition coefficient (Wildman–Crippen LogP) is 1.82. The average molecular weight is 337 g/mol. The Kier molecular flexibility index (Phi) is 4.02. The molecule has 0 radical (unpaired) electrons. The second-order valence-electron chi connectivity index (χ2n) is 3.87. The maximum absolute atomic E-state index is 12.1. The number of nitrogens with two attached hydrogens (primary N) is 1. The molecule has 4 nitrogen and oxygen atoms in total. The third-order valence-corrected chi connectivity index (χ3v) is 5.93. The first-order valence-electron chi connectivity index (χ1n) is 5.14. The van der Waals surface area contributed by atoms with Gasteiger partial charge in [-0.2, -0.15) is 11.8 Å². The van der Waals surface area contributed by atoms with Gasteiger partial charge < -0.3 is 5.73 Å². The lowest BCUT2D eigenvalue weighted by atomic mass is 10.3. The van der Waals surface area contributed by atoms with E-state index >= 15 is 0 Å². The van der Waals surface area contributed by atoms with Gasteiger partial charge >= 0.3 is 0 Å². The smallest absolute Gasteiger partial charge is 0.240 e. The van der Waals surface area contributed by atoms with Gasteiger partial charge in [-0.3, -0.25) is 0 Å². The lowest BCUT2D eigenvalue weighted by molar-refractivity contribution is 0.563. The molecule has 1 unspecified atom stereocenters. The zero-order valence-corrected chi connectivity index (χ0v) is 12.2. The Labute approximate surface area is 114 Å². The second-order valence-corrected chi connectivity index (χ2v) is 7.58. The van der Waals surface area contributed by atoms with Crippen molar-refractivity contribution in [2.24, 2.45) is 0 Å². The van der Waals surface area contributed by atoms with E-state index in [4.69, 9.17) is 5.73 Å². The molecule has 1 saturated heterocycles. The van der Waals surface area contributed by atoms with Crippen LogP contribution in [-0.2, 0) is 10.0 Å². The lowest BCUT2D eigenvalue weighted by Gasteiger charge is -2.12. The molecule has 1 aromatic carbocycles. The van der Waals surface area contributed by atoms with Crippen molar-refractivity contribution >= 4 is 43.4 Å². The number of anilines is 1. The van der Waals surface area contributed by atoms with Crippen LogP contribution in [0.4, 0.5) is 5.69 Å². The van der Waals surface area contributed by atoms with E-state index < -0.39 is 10.0 Å². The average Bonchev–Trinajstić information content (AvgIpc) is 2.73. The molecule has 1 aliphatic rings. The van der Waals surface area contributed by atoms with Crippen LogP contribution in [0.5, 0.6) is 0 Å². The number of halogens is 1. The minimum Gasteiger partial charge on any atom is -0.398 e. The van der Waals surface area contributed by atoms with Crippen LogP contribution in [0.1, 0.15) is 6.42 Å². The molecule has 1 fully saturated rings. The van der Waals surface area contributed by atoms with Crippen LogP contribution in [0.3, 0.4) is 0 Å². The van der Waals surface area contributed by atoms with Crippen molar-refractivity contribution in [2.45, 2.75) is 17.4 Å². The van der Waals surface area contributed by atoms with Crippen molar-refractivity contribution < 1.29 is 8.42 Å². The van der Waals surface area contributed by atoms with Crippen molar-refractivity contribution in [3.8, 4) is 0 Å². The Morgan fingerprint density at radius 1 is 1.47 bits per heavy atom. The molecule has 0 aromatic heterocycles. The van der Waals surface area contributed by atoms with Gasteiger partial charge in [0.25, 0.3) is 0 Å². The molecule has 0 spiro atoms. The van der Waals surface area contributed by atoms with Gasteiger partial charge in [-0.1, -0.05) is 0 Å². The molecule has 17 heavy (non-hydrogen) atoms. The molecule has 2 rings (SSSR count). The van der Waals surface area contributed by atoms with Gasteiger partial charge in [0.05, 0.1) is 4.90 Å². The number of thioether (sulfide) groups is 1. The zero-order valence-electron chi connectivity index (χ0n) is 9.02. The number of rotatable bonds is 3. The third-order valence-electron chi connectivity index (χ3n) is 2.53. The Hall–Kier alpha value is -0.240. The van der Waals surface area contributed by atoms with Gasteiger partial charge in [-0.05, 0) is 46.3 Å². The number of hydrogen-bond donors (Lipinski definition) is 2. The quantitative estimate of drug-likeness (QED) is 0.826. The zero-order chi connectivity index (χ0) is 12.5. The van der Waals surface area contributed by atoms with E-state index in [-0.39, 0.29) is 10.9 Å². The van der Waals surface area contributed by atoms with Gasteiger partial charge in [0.2, 0.25) is 10.0 Å². The van der Waals surface area contributed by atoms with Crippen LogP contribution in [0.15, 0.2) is 27.6 Å². The van der Waals surface area contributed by atoms with E-state index in [0.717, 1.165) is 17.9 Å². The highest BCUT2D eigenvalue weighted by Crippen LogP contribution is 2.24. The van der Waals surface area contributed by atoms with E-state index in [0.29, 0.717) is 10.2 Å². The fourth-order valence-electron chi connectivity index (χ4n) is 1.60. The van der Waals surface area contributed by atoms with Crippen LogP contribution in [0.25, 0.3) is 0 Å². The summed E-state index contributed by atoms with van der Waals surface area (Å²) in [7, 11) is -3.45. The van der Waals surface area contributed by atoms with Crippen molar-refractivity contribution in [3.63, 3.8) is 0 Å². The Balaban J connectivity index is 2.21. The molecule has 1 aromatic rings. The summed E-state index contributed by atoms with van der Waals surface area (Å²) in [6.07, 6.45) is 0.885. The topological polar surface area (TPSA) is 72.2 Å². The summed E-state index contributed by atoms with van der Waals surface area (Å²) in [5.74, 6) is 1.85. The molecular weight excluding hydrogens is 324 g/mol. The van der Waals surface area contributed by atoms with Gasteiger partial charge in [0.1, 0.15) is 0 Å². The van der Waals surface area contributed by atoms with E-state index in [9.17, 15) is 8.42 Å². The van der Waals surface area contributed by atoms with Crippen molar-refractivity contribution in [1.82, 2.24) is 4.72 Å². The molecular formula is C10H13BrN2O2S2. The minimum atomic E-state index is -3.45. The molecule has 0 aliphatic carbocycles. The first kappa shape index (κ1) is 13.2. The van der Waals surface area contributed by atoms with Gasteiger partial charge in [0, 0.05) is 22.0 Å². The number of sulfonamides is 1. The molecule has 1 atom stereocenters. The van der Waals surface area contributed by atoms with Crippen LogP contribution < -0.4 is 10.5 Å². The Morgan fingerprint density at radius 3 is 2.82 bits per heavy atom. The van der Waals surface area contributed by atoms with Crippen molar-refractivity contribution in [1.29, 1.82) is 0 Å². The summed E-state index contributed by atoms with van der Waals surface area (Å²) < 4.78 is 27.5. The molecule has 0 bridgehead atoms. The summed E-state index contributed by atoms with van der Waals surface area (Å²) in [5.41, 5.74) is 6.11. The number of nitrogens with one attached hydrogen (secondary N) is 1. The van der Waals surface area contributed by atoms with Gasteiger partial charge in [0.15, 0.2) is 0 Å². The van der Waals surface area contributed by atoms with E-state index in [1.807, 2.05) is 0 Å². The summed E-state index contributed by atoms with van der Waals surface area (Å²) >= 11 is 5.01.